The zero-order valence-corrected chi connectivity index (χ0v) is 10.7. The molecule has 1 N–H and O–H groups in total. The summed E-state index contributed by atoms with van der Waals surface area (Å²) >= 11 is 11.8. The van der Waals surface area contributed by atoms with Crippen LogP contribution < -0.4 is 5.32 Å². The molecule has 1 aromatic rings. The smallest absolute Gasteiger partial charge is 0.0595 e. The highest BCUT2D eigenvalue weighted by Crippen LogP contribution is 2.24. The summed E-state index contributed by atoms with van der Waals surface area (Å²) in [5.41, 5.74) is 1.26. The molecule has 1 unspecified atom stereocenters. The lowest BCUT2D eigenvalue weighted by Crippen LogP contribution is -2.12. The zero-order chi connectivity index (χ0) is 11.3. The van der Waals surface area contributed by atoms with Crippen molar-refractivity contribution in [1.82, 2.24) is 5.32 Å². The van der Waals surface area contributed by atoms with Crippen LogP contribution in [0.4, 0.5) is 0 Å². The first-order valence-electron chi connectivity index (χ1n) is 5.22. The first kappa shape index (κ1) is 12.8. The predicted octanol–water partition coefficient (Wildman–Crippen LogP) is 3.78. The lowest BCUT2D eigenvalue weighted by atomic mass is 9.98. The SMILES string of the molecule is CNCCC(C)Cc1ccc(Cl)c(Cl)c1. The Morgan fingerprint density at radius 3 is 2.60 bits per heavy atom. The Hall–Kier alpha value is -0.240. The van der Waals surface area contributed by atoms with Crippen molar-refractivity contribution in [2.45, 2.75) is 19.8 Å². The Morgan fingerprint density at radius 1 is 1.27 bits per heavy atom. The van der Waals surface area contributed by atoms with Crippen molar-refractivity contribution >= 4 is 23.2 Å². The molecule has 0 radical (unpaired) electrons. The van der Waals surface area contributed by atoms with Crippen LogP contribution in [0.3, 0.4) is 0 Å². The molecule has 3 heteroatoms. The molecule has 0 spiro atoms. The maximum atomic E-state index is 5.96. The van der Waals surface area contributed by atoms with Crippen molar-refractivity contribution in [1.29, 1.82) is 0 Å². The van der Waals surface area contributed by atoms with Crippen LogP contribution in [0, 0.1) is 5.92 Å². The highest BCUT2D eigenvalue weighted by Gasteiger charge is 2.05. The standard InChI is InChI=1S/C12H17Cl2N/c1-9(5-6-15-2)7-10-3-4-11(13)12(14)8-10/h3-4,8-9,15H,5-7H2,1-2H3. The van der Waals surface area contributed by atoms with Crippen LogP contribution in [0.5, 0.6) is 0 Å². The number of halogens is 2. The maximum absolute atomic E-state index is 5.96. The molecule has 1 aromatic carbocycles. The van der Waals surface area contributed by atoms with Crippen LogP contribution in [0.25, 0.3) is 0 Å². The van der Waals surface area contributed by atoms with Gasteiger partial charge in [0.15, 0.2) is 0 Å². The van der Waals surface area contributed by atoms with Crippen molar-refractivity contribution in [2.24, 2.45) is 5.92 Å². The van der Waals surface area contributed by atoms with Gasteiger partial charge in [-0.1, -0.05) is 36.2 Å². The van der Waals surface area contributed by atoms with Gasteiger partial charge in [-0.15, -0.1) is 0 Å². The van der Waals surface area contributed by atoms with Crippen molar-refractivity contribution in [3.8, 4) is 0 Å². The van der Waals surface area contributed by atoms with Gasteiger partial charge in [-0.05, 0) is 50.0 Å². The van der Waals surface area contributed by atoms with Crippen molar-refractivity contribution < 1.29 is 0 Å². The van der Waals surface area contributed by atoms with E-state index in [1.807, 2.05) is 25.2 Å². The first-order valence-corrected chi connectivity index (χ1v) is 5.97. The van der Waals surface area contributed by atoms with Crippen molar-refractivity contribution in [3.63, 3.8) is 0 Å². The van der Waals surface area contributed by atoms with Gasteiger partial charge in [-0.25, -0.2) is 0 Å². The second-order valence-electron chi connectivity index (χ2n) is 3.95. The topological polar surface area (TPSA) is 12.0 Å². The quantitative estimate of drug-likeness (QED) is 0.833. The number of hydrogen-bond acceptors (Lipinski definition) is 1. The fourth-order valence-corrected chi connectivity index (χ4v) is 1.88. The molecule has 0 aliphatic heterocycles. The van der Waals surface area contributed by atoms with Gasteiger partial charge < -0.3 is 5.32 Å². The molecule has 0 aromatic heterocycles. The van der Waals surface area contributed by atoms with Crippen LogP contribution in [0.1, 0.15) is 18.9 Å². The van der Waals surface area contributed by atoms with Crippen molar-refractivity contribution in [2.75, 3.05) is 13.6 Å². The average Bonchev–Trinajstić information content (AvgIpc) is 2.20. The van der Waals surface area contributed by atoms with Gasteiger partial charge in [0.2, 0.25) is 0 Å². The van der Waals surface area contributed by atoms with Gasteiger partial charge in [0, 0.05) is 0 Å². The molecule has 15 heavy (non-hydrogen) atoms. The van der Waals surface area contributed by atoms with Gasteiger partial charge in [0.05, 0.1) is 10.0 Å². The van der Waals surface area contributed by atoms with E-state index in [0.717, 1.165) is 13.0 Å². The molecule has 0 heterocycles. The number of hydrogen-bond donors (Lipinski definition) is 1. The molecule has 0 aliphatic rings. The maximum Gasteiger partial charge on any atom is 0.0595 e. The summed E-state index contributed by atoms with van der Waals surface area (Å²) in [4.78, 5) is 0. The molecule has 1 rings (SSSR count). The van der Waals surface area contributed by atoms with E-state index in [1.54, 1.807) is 0 Å². The summed E-state index contributed by atoms with van der Waals surface area (Å²) in [6.07, 6.45) is 2.23. The van der Waals surface area contributed by atoms with E-state index in [4.69, 9.17) is 23.2 Å². The Kier molecular flexibility index (Phi) is 5.44. The molecule has 0 saturated carbocycles. The number of rotatable bonds is 5. The van der Waals surface area contributed by atoms with Crippen LogP contribution in [-0.2, 0) is 6.42 Å². The molecule has 1 nitrogen and oxygen atoms in total. The fraction of sp³-hybridized carbons (Fsp3) is 0.500. The van der Waals surface area contributed by atoms with Gasteiger partial charge in [-0.2, -0.15) is 0 Å². The van der Waals surface area contributed by atoms with E-state index in [9.17, 15) is 0 Å². The molecule has 0 saturated heterocycles. The van der Waals surface area contributed by atoms with E-state index in [-0.39, 0.29) is 0 Å². The Balaban J connectivity index is 2.53. The molecule has 0 bridgehead atoms. The van der Waals surface area contributed by atoms with E-state index in [1.165, 1.54) is 12.0 Å². The zero-order valence-electron chi connectivity index (χ0n) is 9.19. The Morgan fingerprint density at radius 2 is 2.00 bits per heavy atom. The summed E-state index contributed by atoms with van der Waals surface area (Å²) in [6, 6.07) is 5.87. The lowest BCUT2D eigenvalue weighted by Gasteiger charge is -2.11. The van der Waals surface area contributed by atoms with E-state index < -0.39 is 0 Å². The second kappa shape index (κ2) is 6.37. The van der Waals surface area contributed by atoms with Gasteiger partial charge >= 0.3 is 0 Å². The highest BCUT2D eigenvalue weighted by atomic mass is 35.5. The molecule has 0 amide bonds. The lowest BCUT2D eigenvalue weighted by molar-refractivity contribution is 0.515. The van der Waals surface area contributed by atoms with Gasteiger partial charge in [-0.3, -0.25) is 0 Å². The third kappa shape index (κ3) is 4.42. The van der Waals surface area contributed by atoms with E-state index in [2.05, 4.69) is 12.2 Å². The molecular formula is C12H17Cl2N. The summed E-state index contributed by atoms with van der Waals surface area (Å²) < 4.78 is 0. The summed E-state index contributed by atoms with van der Waals surface area (Å²) in [6.45, 7) is 3.31. The van der Waals surface area contributed by atoms with Crippen LogP contribution in [0.2, 0.25) is 10.0 Å². The summed E-state index contributed by atoms with van der Waals surface area (Å²) in [7, 11) is 1.98. The minimum absolute atomic E-state index is 0.628. The van der Waals surface area contributed by atoms with Crippen LogP contribution in [-0.4, -0.2) is 13.6 Å². The van der Waals surface area contributed by atoms with Crippen molar-refractivity contribution in [3.05, 3.63) is 33.8 Å². The molecular weight excluding hydrogens is 229 g/mol. The minimum Gasteiger partial charge on any atom is -0.320 e. The molecule has 0 fully saturated rings. The van der Waals surface area contributed by atoms with E-state index in [0.29, 0.717) is 16.0 Å². The third-order valence-electron chi connectivity index (χ3n) is 2.46. The largest absolute Gasteiger partial charge is 0.320 e. The molecule has 1 atom stereocenters. The summed E-state index contributed by atoms with van der Waals surface area (Å²) in [5, 5.41) is 4.43. The highest BCUT2D eigenvalue weighted by molar-refractivity contribution is 6.42. The minimum atomic E-state index is 0.628. The summed E-state index contributed by atoms with van der Waals surface area (Å²) in [5.74, 6) is 0.662. The monoisotopic (exact) mass is 245 g/mol. The Labute approximate surface area is 102 Å². The number of benzene rings is 1. The average molecular weight is 246 g/mol. The van der Waals surface area contributed by atoms with Gasteiger partial charge in [0.25, 0.3) is 0 Å². The molecule has 0 aliphatic carbocycles. The van der Waals surface area contributed by atoms with E-state index >= 15 is 0 Å². The fourth-order valence-electron chi connectivity index (χ4n) is 1.56. The predicted molar refractivity (Wildman–Crippen MR) is 67.9 cm³/mol. The first-order chi connectivity index (χ1) is 7.13. The Bertz CT molecular complexity index is 312. The van der Waals surface area contributed by atoms with Crippen LogP contribution in [0.15, 0.2) is 18.2 Å². The molecule has 84 valence electrons. The van der Waals surface area contributed by atoms with Gasteiger partial charge in [0.1, 0.15) is 0 Å². The van der Waals surface area contributed by atoms with Crippen LogP contribution >= 0.6 is 23.2 Å². The normalized spacial score (nSPS) is 12.8. The second-order valence-corrected chi connectivity index (χ2v) is 4.76. The number of nitrogens with one attached hydrogen (secondary N) is 1. The third-order valence-corrected chi connectivity index (χ3v) is 3.19.